The van der Waals surface area contributed by atoms with Gasteiger partial charge in [0.25, 0.3) is 5.16 Å². The van der Waals surface area contributed by atoms with Crippen LogP contribution < -0.4 is 5.32 Å². The number of sulfone groups is 1. The van der Waals surface area contributed by atoms with Gasteiger partial charge in [-0.05, 0) is 33.1 Å². The van der Waals surface area contributed by atoms with E-state index in [1.165, 1.54) is 4.68 Å². The number of aromatic nitrogens is 5. The summed E-state index contributed by atoms with van der Waals surface area (Å²) in [6.07, 6.45) is 1.18. The fourth-order valence-electron chi connectivity index (χ4n) is 4.47. The lowest BCUT2D eigenvalue weighted by Gasteiger charge is -2.22. The molecule has 0 spiro atoms. The summed E-state index contributed by atoms with van der Waals surface area (Å²) in [5.41, 5.74) is 0.553. The van der Waals surface area contributed by atoms with Crippen molar-refractivity contribution in [1.29, 1.82) is 0 Å². The summed E-state index contributed by atoms with van der Waals surface area (Å²) in [5, 5.41) is 21.0. The molecule has 0 unspecified atom stereocenters. The molecule has 12 nitrogen and oxygen atoms in total. The second-order valence-electron chi connectivity index (χ2n) is 8.97. The summed E-state index contributed by atoms with van der Waals surface area (Å²) in [4.78, 5) is 20.5. The third kappa shape index (κ3) is 4.41. The highest BCUT2D eigenvalue weighted by molar-refractivity contribution is 7.91. The van der Waals surface area contributed by atoms with E-state index in [1.54, 1.807) is 20.8 Å². The first-order chi connectivity index (χ1) is 15.6. The number of anilines is 1. The standard InChI is InChI=1S/C20H30N6O6S/c1-5-7-8-21-16-13-17(23-19(22-16)33(29,30)9-6-2)26(25-24-13)12-10-11(18(27)28)14-15(12)32-20(3,4)31-14/h11-12,14-15H,5-10H2,1-4H3,(H,27,28)(H,21,22,23)/t11-,12+,14+,15-/m0/s1. The molecule has 0 amide bonds. The zero-order chi connectivity index (χ0) is 24.0. The van der Waals surface area contributed by atoms with Gasteiger partial charge in [0.05, 0.1) is 17.7 Å². The van der Waals surface area contributed by atoms with Gasteiger partial charge in [0.2, 0.25) is 9.84 Å². The summed E-state index contributed by atoms with van der Waals surface area (Å²) in [7, 11) is -3.71. The highest BCUT2D eigenvalue weighted by Gasteiger charge is 2.57. The highest BCUT2D eigenvalue weighted by Crippen LogP contribution is 2.47. The van der Waals surface area contributed by atoms with E-state index < -0.39 is 45.8 Å². The molecule has 2 aliphatic rings. The third-order valence-corrected chi connectivity index (χ3v) is 7.63. The molecule has 3 heterocycles. The van der Waals surface area contributed by atoms with E-state index in [0.717, 1.165) is 12.8 Å². The van der Waals surface area contributed by atoms with Gasteiger partial charge in [-0.1, -0.05) is 25.5 Å². The fourth-order valence-corrected chi connectivity index (χ4v) is 5.65. The summed E-state index contributed by atoms with van der Waals surface area (Å²) >= 11 is 0. The van der Waals surface area contributed by atoms with Crippen LogP contribution in [0.1, 0.15) is 59.4 Å². The number of hydrogen-bond donors (Lipinski definition) is 2. The molecule has 0 bridgehead atoms. The van der Waals surface area contributed by atoms with Gasteiger partial charge >= 0.3 is 5.97 Å². The van der Waals surface area contributed by atoms with Crippen LogP contribution in [-0.4, -0.2) is 74.7 Å². The Morgan fingerprint density at radius 1 is 1.21 bits per heavy atom. The number of nitrogens with one attached hydrogen (secondary N) is 1. The maximum absolute atomic E-state index is 12.8. The molecule has 1 saturated heterocycles. The highest BCUT2D eigenvalue weighted by atomic mass is 32.2. The number of carboxylic acid groups (broad SMARTS) is 1. The minimum atomic E-state index is -3.71. The number of carbonyl (C=O) groups is 1. The number of fused-ring (bicyclic) bond motifs is 2. The van der Waals surface area contributed by atoms with Crippen molar-refractivity contribution in [3.05, 3.63) is 0 Å². The Morgan fingerprint density at radius 2 is 1.94 bits per heavy atom. The quantitative estimate of drug-likeness (QED) is 0.396. The van der Waals surface area contributed by atoms with Gasteiger partial charge in [-0.2, -0.15) is 9.97 Å². The van der Waals surface area contributed by atoms with Crippen molar-refractivity contribution in [2.75, 3.05) is 17.6 Å². The molecule has 2 N–H and O–H groups in total. The van der Waals surface area contributed by atoms with Crippen molar-refractivity contribution in [2.24, 2.45) is 5.92 Å². The van der Waals surface area contributed by atoms with Crippen molar-refractivity contribution in [1.82, 2.24) is 25.0 Å². The van der Waals surface area contributed by atoms with E-state index in [1.807, 2.05) is 6.92 Å². The van der Waals surface area contributed by atoms with Crippen LogP contribution >= 0.6 is 0 Å². The Hall–Kier alpha value is -2.38. The van der Waals surface area contributed by atoms with Crippen LogP contribution in [0.2, 0.25) is 0 Å². The van der Waals surface area contributed by atoms with E-state index in [2.05, 4.69) is 25.6 Å². The van der Waals surface area contributed by atoms with Crippen LogP contribution in [0.4, 0.5) is 5.82 Å². The van der Waals surface area contributed by atoms with E-state index in [4.69, 9.17) is 9.47 Å². The van der Waals surface area contributed by atoms with Crippen LogP contribution in [0.5, 0.6) is 0 Å². The second kappa shape index (κ2) is 8.76. The lowest BCUT2D eigenvalue weighted by atomic mass is 10.1. The Balaban J connectivity index is 1.81. The van der Waals surface area contributed by atoms with Crippen LogP contribution in [0.3, 0.4) is 0 Å². The summed E-state index contributed by atoms with van der Waals surface area (Å²) < 4.78 is 39.0. The Kier molecular flexibility index (Phi) is 6.31. The first kappa shape index (κ1) is 23.8. The molecular formula is C20H30N6O6S. The number of rotatable bonds is 9. The lowest BCUT2D eigenvalue weighted by molar-refractivity contribution is -0.168. The smallest absolute Gasteiger partial charge is 0.309 e. The van der Waals surface area contributed by atoms with Crippen molar-refractivity contribution in [3.63, 3.8) is 0 Å². The van der Waals surface area contributed by atoms with Gasteiger partial charge in [0, 0.05) is 6.54 Å². The SMILES string of the molecule is CCCCNc1nc(S(=O)(=O)CCC)nc2c1nnn2[C@@H]1C[C@H](C(=O)O)[C@H]2OC(C)(C)O[C@H]21. The average molecular weight is 483 g/mol. The summed E-state index contributed by atoms with van der Waals surface area (Å²) in [5.74, 6) is -2.53. The maximum Gasteiger partial charge on any atom is 0.309 e. The van der Waals surface area contributed by atoms with Crippen LogP contribution in [-0.2, 0) is 24.1 Å². The zero-order valence-corrected chi connectivity index (χ0v) is 20.0. The number of carboxylic acids is 1. The van der Waals surface area contributed by atoms with Gasteiger partial charge < -0.3 is 19.9 Å². The monoisotopic (exact) mass is 482 g/mol. The maximum atomic E-state index is 12.8. The number of aliphatic carboxylic acids is 1. The molecule has 0 aromatic carbocycles. The molecule has 4 rings (SSSR count). The van der Waals surface area contributed by atoms with E-state index in [0.29, 0.717) is 24.3 Å². The van der Waals surface area contributed by atoms with E-state index in [9.17, 15) is 18.3 Å². The molecule has 1 aliphatic carbocycles. The molecule has 4 atom stereocenters. The van der Waals surface area contributed by atoms with Crippen LogP contribution in [0, 0.1) is 5.92 Å². The summed E-state index contributed by atoms with van der Waals surface area (Å²) in [6.45, 7) is 7.86. The molecule has 1 aliphatic heterocycles. The topological polar surface area (TPSA) is 158 Å². The van der Waals surface area contributed by atoms with Crippen molar-refractivity contribution in [3.8, 4) is 0 Å². The van der Waals surface area contributed by atoms with Crippen LogP contribution in [0.25, 0.3) is 11.2 Å². The molecule has 2 aromatic rings. The fraction of sp³-hybridized carbons (Fsp3) is 0.750. The molecule has 2 aromatic heterocycles. The Labute approximate surface area is 192 Å². The Morgan fingerprint density at radius 3 is 2.61 bits per heavy atom. The Bertz CT molecular complexity index is 1150. The lowest BCUT2D eigenvalue weighted by Crippen LogP contribution is -2.30. The second-order valence-corrected chi connectivity index (χ2v) is 11.0. The molecule has 33 heavy (non-hydrogen) atoms. The van der Waals surface area contributed by atoms with Gasteiger partial charge in [0.15, 0.2) is 22.8 Å². The average Bonchev–Trinajstić information content (AvgIpc) is 3.38. The number of ether oxygens (including phenoxy) is 2. The number of nitrogens with zero attached hydrogens (tertiary/aromatic N) is 5. The molecule has 1 saturated carbocycles. The number of hydrogen-bond acceptors (Lipinski definition) is 10. The summed E-state index contributed by atoms with van der Waals surface area (Å²) in [6, 6.07) is -0.539. The van der Waals surface area contributed by atoms with Gasteiger partial charge in [0.1, 0.15) is 12.2 Å². The predicted molar refractivity (Wildman–Crippen MR) is 117 cm³/mol. The van der Waals surface area contributed by atoms with E-state index >= 15 is 0 Å². The molecule has 2 fully saturated rings. The zero-order valence-electron chi connectivity index (χ0n) is 19.2. The van der Waals surface area contributed by atoms with Crippen molar-refractivity contribution >= 4 is 32.8 Å². The number of unbranched alkanes of at least 4 members (excludes halogenated alkanes) is 1. The van der Waals surface area contributed by atoms with Gasteiger partial charge in [-0.3, -0.25) is 4.79 Å². The molecule has 13 heteroatoms. The van der Waals surface area contributed by atoms with Crippen molar-refractivity contribution in [2.45, 2.75) is 82.6 Å². The van der Waals surface area contributed by atoms with Crippen molar-refractivity contribution < 1.29 is 27.8 Å². The largest absolute Gasteiger partial charge is 0.481 e. The molecular weight excluding hydrogens is 452 g/mol. The van der Waals surface area contributed by atoms with Gasteiger partial charge in [-0.25, -0.2) is 13.1 Å². The normalized spacial score (nSPS) is 26.5. The first-order valence-corrected chi connectivity index (χ1v) is 12.9. The minimum Gasteiger partial charge on any atom is -0.481 e. The van der Waals surface area contributed by atoms with Crippen LogP contribution in [0.15, 0.2) is 5.16 Å². The molecule has 0 radical (unpaired) electrons. The first-order valence-electron chi connectivity index (χ1n) is 11.3. The van der Waals surface area contributed by atoms with E-state index in [-0.39, 0.29) is 23.0 Å². The minimum absolute atomic E-state index is 0.0885. The molecule has 182 valence electrons. The van der Waals surface area contributed by atoms with Gasteiger partial charge in [-0.15, -0.1) is 5.10 Å². The predicted octanol–water partition coefficient (Wildman–Crippen LogP) is 1.78. The third-order valence-electron chi connectivity index (χ3n) is 5.94.